The third kappa shape index (κ3) is 4.45. The molecular weight excluding hydrogens is 218 g/mol. The van der Waals surface area contributed by atoms with Crippen molar-refractivity contribution in [2.24, 2.45) is 5.92 Å². The van der Waals surface area contributed by atoms with Gasteiger partial charge in [0.1, 0.15) is 0 Å². The Morgan fingerprint density at radius 1 is 1.00 bits per heavy atom. The van der Waals surface area contributed by atoms with Crippen molar-refractivity contribution in [2.45, 2.75) is 58.9 Å². The minimum atomic E-state index is 0.590. The number of rotatable bonds is 8. The summed E-state index contributed by atoms with van der Waals surface area (Å²) in [6, 6.07) is 11.6. The quantitative estimate of drug-likeness (QED) is 0.708. The Hall–Kier alpha value is -0.820. The van der Waals surface area contributed by atoms with Crippen LogP contribution in [-0.4, -0.2) is 12.6 Å². The zero-order valence-corrected chi connectivity index (χ0v) is 12.4. The molecule has 1 aromatic carbocycles. The third-order valence-electron chi connectivity index (χ3n) is 3.61. The Morgan fingerprint density at radius 2 is 1.67 bits per heavy atom. The van der Waals surface area contributed by atoms with Gasteiger partial charge in [0.25, 0.3) is 0 Å². The van der Waals surface area contributed by atoms with Gasteiger partial charge < -0.3 is 5.32 Å². The molecule has 18 heavy (non-hydrogen) atoms. The first-order chi connectivity index (χ1) is 8.70. The summed E-state index contributed by atoms with van der Waals surface area (Å²) in [5.41, 5.74) is 1.49. The Bertz CT molecular complexity index is 305. The predicted octanol–water partition coefficient (Wildman–Crippen LogP) is 4.59. The third-order valence-corrected chi connectivity index (χ3v) is 3.61. The van der Waals surface area contributed by atoms with E-state index in [0.717, 1.165) is 6.54 Å². The van der Waals surface area contributed by atoms with Gasteiger partial charge in [0.05, 0.1) is 0 Å². The molecule has 1 aromatic rings. The van der Waals surface area contributed by atoms with Crippen LogP contribution in [0.2, 0.25) is 0 Å². The zero-order chi connectivity index (χ0) is 13.4. The van der Waals surface area contributed by atoms with Crippen molar-refractivity contribution in [3.63, 3.8) is 0 Å². The van der Waals surface area contributed by atoms with Crippen molar-refractivity contribution in [3.8, 4) is 0 Å². The minimum Gasteiger partial charge on any atom is -0.313 e. The first-order valence-corrected chi connectivity index (χ1v) is 7.49. The molecule has 1 rings (SSSR count). The lowest BCUT2D eigenvalue weighted by Crippen LogP contribution is -2.39. The molecule has 0 radical (unpaired) electrons. The summed E-state index contributed by atoms with van der Waals surface area (Å²) in [6.07, 6.45) is 3.72. The molecule has 0 spiro atoms. The fourth-order valence-electron chi connectivity index (χ4n) is 2.72. The summed E-state index contributed by atoms with van der Waals surface area (Å²) >= 11 is 0. The van der Waals surface area contributed by atoms with Gasteiger partial charge in [-0.05, 0) is 36.8 Å². The van der Waals surface area contributed by atoms with Crippen LogP contribution in [0.15, 0.2) is 30.3 Å². The summed E-state index contributed by atoms with van der Waals surface area (Å²) in [4.78, 5) is 0. The van der Waals surface area contributed by atoms with E-state index in [1.807, 2.05) is 0 Å². The smallest absolute Gasteiger partial charge is 0.0159 e. The molecule has 0 fully saturated rings. The number of nitrogens with one attached hydrogen (secondary N) is 1. The Labute approximate surface area is 113 Å². The maximum Gasteiger partial charge on any atom is 0.0159 e. The molecule has 0 aliphatic carbocycles. The first kappa shape index (κ1) is 15.2. The highest BCUT2D eigenvalue weighted by Gasteiger charge is 2.24. The molecule has 0 aromatic heterocycles. The van der Waals surface area contributed by atoms with Gasteiger partial charge in [-0.15, -0.1) is 0 Å². The maximum atomic E-state index is 3.75. The monoisotopic (exact) mass is 247 g/mol. The van der Waals surface area contributed by atoms with Crippen LogP contribution >= 0.6 is 0 Å². The molecule has 102 valence electrons. The van der Waals surface area contributed by atoms with Crippen LogP contribution in [-0.2, 0) is 0 Å². The van der Waals surface area contributed by atoms with Crippen molar-refractivity contribution in [1.29, 1.82) is 0 Å². The molecule has 1 N–H and O–H groups in total. The Morgan fingerprint density at radius 3 is 2.17 bits per heavy atom. The standard InChI is InChI=1S/C17H29N/c1-5-10-16(15-11-8-7-9-12-15)17(14(3)4)18-13-6-2/h7-9,11-12,14,16-18H,5-6,10,13H2,1-4H3. The average molecular weight is 247 g/mol. The van der Waals surface area contributed by atoms with E-state index in [4.69, 9.17) is 0 Å². The van der Waals surface area contributed by atoms with E-state index in [2.05, 4.69) is 63.3 Å². The molecule has 0 amide bonds. The van der Waals surface area contributed by atoms with Crippen molar-refractivity contribution in [3.05, 3.63) is 35.9 Å². The van der Waals surface area contributed by atoms with Gasteiger partial charge >= 0.3 is 0 Å². The Balaban J connectivity index is 2.86. The number of hydrogen-bond acceptors (Lipinski definition) is 1. The largest absolute Gasteiger partial charge is 0.313 e. The van der Waals surface area contributed by atoms with Gasteiger partial charge in [-0.2, -0.15) is 0 Å². The van der Waals surface area contributed by atoms with E-state index in [1.54, 1.807) is 0 Å². The first-order valence-electron chi connectivity index (χ1n) is 7.49. The molecule has 2 atom stereocenters. The summed E-state index contributed by atoms with van der Waals surface area (Å²) < 4.78 is 0. The Kier molecular flexibility index (Phi) is 7.04. The van der Waals surface area contributed by atoms with Gasteiger partial charge in [0, 0.05) is 6.04 Å². The van der Waals surface area contributed by atoms with Crippen molar-refractivity contribution in [2.75, 3.05) is 6.54 Å². The van der Waals surface area contributed by atoms with Crippen LogP contribution < -0.4 is 5.32 Å². The van der Waals surface area contributed by atoms with Crippen LogP contribution in [0, 0.1) is 5.92 Å². The topological polar surface area (TPSA) is 12.0 Å². The summed E-state index contributed by atoms with van der Waals surface area (Å²) in [7, 11) is 0. The molecule has 0 aliphatic rings. The van der Waals surface area contributed by atoms with Gasteiger partial charge in [-0.1, -0.05) is 64.4 Å². The highest BCUT2D eigenvalue weighted by atomic mass is 14.9. The predicted molar refractivity (Wildman–Crippen MR) is 81.0 cm³/mol. The van der Waals surface area contributed by atoms with Crippen LogP contribution in [0.5, 0.6) is 0 Å². The van der Waals surface area contributed by atoms with Crippen molar-refractivity contribution >= 4 is 0 Å². The molecule has 2 unspecified atom stereocenters. The van der Waals surface area contributed by atoms with E-state index >= 15 is 0 Å². The highest BCUT2D eigenvalue weighted by Crippen LogP contribution is 2.28. The SMILES string of the molecule is CCCNC(C(C)C)C(CCC)c1ccccc1. The fraction of sp³-hybridized carbons (Fsp3) is 0.647. The molecule has 1 heteroatoms. The minimum absolute atomic E-state index is 0.590. The average Bonchev–Trinajstić information content (AvgIpc) is 2.38. The van der Waals surface area contributed by atoms with Gasteiger partial charge in [0.2, 0.25) is 0 Å². The second-order valence-corrected chi connectivity index (χ2v) is 5.53. The molecule has 0 heterocycles. The van der Waals surface area contributed by atoms with E-state index in [-0.39, 0.29) is 0 Å². The highest BCUT2D eigenvalue weighted by molar-refractivity contribution is 5.21. The zero-order valence-electron chi connectivity index (χ0n) is 12.4. The van der Waals surface area contributed by atoms with Gasteiger partial charge in [-0.3, -0.25) is 0 Å². The lowest BCUT2D eigenvalue weighted by molar-refractivity contribution is 0.328. The molecule has 0 saturated heterocycles. The van der Waals surface area contributed by atoms with E-state index in [0.29, 0.717) is 17.9 Å². The summed E-state index contributed by atoms with van der Waals surface area (Å²) in [5.74, 6) is 1.32. The van der Waals surface area contributed by atoms with Crippen LogP contribution in [0.25, 0.3) is 0 Å². The molecule has 0 aliphatic heterocycles. The summed E-state index contributed by atoms with van der Waals surface area (Å²) in [6.45, 7) is 10.3. The van der Waals surface area contributed by atoms with Crippen molar-refractivity contribution < 1.29 is 0 Å². The fourth-order valence-corrected chi connectivity index (χ4v) is 2.72. The number of benzene rings is 1. The second kappa shape index (κ2) is 8.31. The normalized spacial score (nSPS) is 14.7. The molecular formula is C17H29N. The lowest BCUT2D eigenvalue weighted by Gasteiger charge is -2.31. The lowest BCUT2D eigenvalue weighted by atomic mass is 9.82. The number of hydrogen-bond donors (Lipinski definition) is 1. The van der Waals surface area contributed by atoms with Gasteiger partial charge in [-0.25, -0.2) is 0 Å². The molecule has 0 saturated carbocycles. The van der Waals surface area contributed by atoms with Crippen LogP contribution in [0.1, 0.15) is 58.4 Å². The van der Waals surface area contributed by atoms with E-state index in [1.165, 1.54) is 24.8 Å². The van der Waals surface area contributed by atoms with Crippen LogP contribution in [0.3, 0.4) is 0 Å². The van der Waals surface area contributed by atoms with E-state index in [9.17, 15) is 0 Å². The summed E-state index contributed by atoms with van der Waals surface area (Å²) in [5, 5.41) is 3.75. The maximum absolute atomic E-state index is 3.75. The second-order valence-electron chi connectivity index (χ2n) is 5.53. The molecule has 1 nitrogen and oxygen atoms in total. The van der Waals surface area contributed by atoms with E-state index < -0.39 is 0 Å². The van der Waals surface area contributed by atoms with Crippen molar-refractivity contribution in [1.82, 2.24) is 5.32 Å². The molecule has 0 bridgehead atoms. The van der Waals surface area contributed by atoms with Crippen LogP contribution in [0.4, 0.5) is 0 Å². The van der Waals surface area contributed by atoms with Gasteiger partial charge in [0.15, 0.2) is 0 Å².